The van der Waals surface area contributed by atoms with Crippen LogP contribution in [-0.2, 0) is 6.54 Å². The fraction of sp³-hybridized carbons (Fsp3) is 0.636. The van der Waals surface area contributed by atoms with Gasteiger partial charge in [0.2, 0.25) is 0 Å². The molecule has 0 radical (unpaired) electrons. The maximum absolute atomic E-state index is 12.5. The van der Waals surface area contributed by atoms with E-state index >= 15 is 0 Å². The molecule has 1 aromatic rings. The van der Waals surface area contributed by atoms with Crippen molar-refractivity contribution in [3.05, 3.63) is 35.4 Å². The molecule has 0 saturated carbocycles. The number of carbonyl (C=O) groups excluding carboxylic acids is 2. The number of hydrogen-bond acceptors (Lipinski definition) is 2. The molecule has 2 N–H and O–H groups in total. The number of urea groups is 1. The van der Waals surface area contributed by atoms with Crippen molar-refractivity contribution in [3.8, 4) is 0 Å². The van der Waals surface area contributed by atoms with Crippen molar-refractivity contribution in [1.82, 2.24) is 15.5 Å². The molecule has 3 amide bonds. The lowest BCUT2D eigenvalue weighted by atomic mass is 10.0. The number of benzene rings is 1. The summed E-state index contributed by atoms with van der Waals surface area (Å²) in [4.78, 5) is 26.4. The Morgan fingerprint density at radius 2 is 1.67 bits per heavy atom. The highest BCUT2D eigenvalue weighted by Crippen LogP contribution is 2.14. The van der Waals surface area contributed by atoms with Gasteiger partial charge in [-0.15, -0.1) is 0 Å². The first-order valence-corrected chi connectivity index (χ1v) is 10.4. The molecule has 1 aliphatic rings. The Morgan fingerprint density at radius 3 is 2.30 bits per heavy atom. The molecule has 1 fully saturated rings. The summed E-state index contributed by atoms with van der Waals surface area (Å²) in [6, 6.07) is 7.60. The lowest BCUT2D eigenvalue weighted by molar-refractivity contribution is 0.0724. The molecule has 0 spiro atoms. The Kier molecular flexibility index (Phi) is 8.62. The highest BCUT2D eigenvalue weighted by molar-refractivity contribution is 5.94. The predicted molar refractivity (Wildman–Crippen MR) is 110 cm³/mol. The summed E-state index contributed by atoms with van der Waals surface area (Å²) in [6.45, 7) is 8.66. The van der Waals surface area contributed by atoms with Crippen LogP contribution in [0.5, 0.6) is 0 Å². The number of rotatable bonds is 8. The van der Waals surface area contributed by atoms with E-state index in [0.717, 1.165) is 49.9 Å². The zero-order valence-electron chi connectivity index (χ0n) is 17.1. The maximum atomic E-state index is 12.5. The summed E-state index contributed by atoms with van der Waals surface area (Å²) in [5, 5.41) is 5.88. The Bertz CT molecular complexity index is 592. The van der Waals surface area contributed by atoms with Gasteiger partial charge in [-0.2, -0.15) is 0 Å². The van der Waals surface area contributed by atoms with Crippen molar-refractivity contribution >= 4 is 11.9 Å². The van der Waals surface area contributed by atoms with Crippen LogP contribution in [-0.4, -0.2) is 36.0 Å². The predicted octanol–water partition coefficient (Wildman–Crippen LogP) is 4.33. The number of likely N-dealkylation sites (tertiary alicyclic amines) is 1. The first-order chi connectivity index (χ1) is 13.0. The summed E-state index contributed by atoms with van der Waals surface area (Å²) in [5.74, 6) is 0.818. The fourth-order valence-corrected chi connectivity index (χ4v) is 3.41. The molecule has 1 saturated heterocycles. The topological polar surface area (TPSA) is 61.4 Å². The zero-order chi connectivity index (χ0) is 19.6. The molecular weight excluding hydrogens is 338 g/mol. The van der Waals surface area contributed by atoms with Crippen LogP contribution in [0.15, 0.2) is 24.3 Å². The minimum Gasteiger partial charge on any atom is -0.339 e. The van der Waals surface area contributed by atoms with Gasteiger partial charge in [-0.25, -0.2) is 4.79 Å². The van der Waals surface area contributed by atoms with Gasteiger partial charge in [0.15, 0.2) is 0 Å². The second-order valence-corrected chi connectivity index (χ2v) is 8.10. The van der Waals surface area contributed by atoms with Crippen LogP contribution >= 0.6 is 0 Å². The van der Waals surface area contributed by atoms with Gasteiger partial charge in [0.25, 0.3) is 5.91 Å². The molecule has 0 bridgehead atoms. The highest BCUT2D eigenvalue weighted by atomic mass is 16.2. The van der Waals surface area contributed by atoms with Crippen LogP contribution in [0.25, 0.3) is 0 Å². The van der Waals surface area contributed by atoms with E-state index in [1.165, 1.54) is 12.8 Å². The van der Waals surface area contributed by atoms with Gasteiger partial charge < -0.3 is 15.5 Å². The van der Waals surface area contributed by atoms with Crippen LogP contribution in [0.2, 0.25) is 0 Å². The highest BCUT2D eigenvalue weighted by Gasteiger charge is 2.17. The van der Waals surface area contributed by atoms with Crippen molar-refractivity contribution in [2.24, 2.45) is 5.92 Å². The quantitative estimate of drug-likeness (QED) is 0.712. The second kappa shape index (κ2) is 11.0. The molecule has 2 rings (SSSR count). The zero-order valence-corrected chi connectivity index (χ0v) is 17.1. The number of hydrogen-bond donors (Lipinski definition) is 2. The van der Waals surface area contributed by atoms with Crippen LogP contribution in [0.3, 0.4) is 0 Å². The summed E-state index contributed by atoms with van der Waals surface area (Å²) < 4.78 is 0. The van der Waals surface area contributed by atoms with E-state index in [0.29, 0.717) is 12.5 Å². The molecule has 1 aromatic carbocycles. The van der Waals surface area contributed by atoms with Crippen LogP contribution in [0.4, 0.5) is 4.79 Å². The fourth-order valence-electron chi connectivity index (χ4n) is 3.41. The third-order valence-electron chi connectivity index (χ3n) is 5.09. The average Bonchev–Trinajstić information content (AvgIpc) is 2.66. The van der Waals surface area contributed by atoms with Crippen LogP contribution in [0, 0.1) is 5.92 Å². The summed E-state index contributed by atoms with van der Waals surface area (Å²) in [7, 11) is 0. The van der Waals surface area contributed by atoms with Crippen molar-refractivity contribution in [2.75, 3.05) is 13.1 Å². The van der Waals surface area contributed by atoms with Crippen molar-refractivity contribution in [2.45, 2.75) is 71.9 Å². The average molecular weight is 374 g/mol. The summed E-state index contributed by atoms with van der Waals surface area (Å²) in [5.41, 5.74) is 1.72. The normalized spacial score (nSPS) is 15.5. The molecule has 1 aliphatic heterocycles. The van der Waals surface area contributed by atoms with Crippen LogP contribution in [0.1, 0.15) is 75.2 Å². The smallest absolute Gasteiger partial charge is 0.315 e. The first-order valence-electron chi connectivity index (χ1n) is 10.4. The van der Waals surface area contributed by atoms with Gasteiger partial charge in [0.1, 0.15) is 0 Å². The largest absolute Gasteiger partial charge is 0.339 e. The van der Waals surface area contributed by atoms with E-state index in [-0.39, 0.29) is 18.0 Å². The number of amides is 3. The van der Waals surface area contributed by atoms with Crippen molar-refractivity contribution in [1.29, 1.82) is 0 Å². The summed E-state index contributed by atoms with van der Waals surface area (Å²) in [6.07, 6.45) is 6.73. The Hall–Kier alpha value is -2.04. The lowest BCUT2D eigenvalue weighted by Gasteiger charge is -2.26. The third-order valence-corrected chi connectivity index (χ3v) is 5.09. The Labute approximate surface area is 163 Å². The van der Waals surface area contributed by atoms with Gasteiger partial charge in [-0.3, -0.25) is 4.79 Å². The molecule has 1 atom stereocenters. The van der Waals surface area contributed by atoms with E-state index in [1.807, 2.05) is 36.1 Å². The van der Waals surface area contributed by atoms with E-state index in [9.17, 15) is 9.59 Å². The maximum Gasteiger partial charge on any atom is 0.315 e. The van der Waals surface area contributed by atoms with Gasteiger partial charge in [0, 0.05) is 31.2 Å². The number of carbonyl (C=O) groups is 2. The van der Waals surface area contributed by atoms with E-state index in [1.54, 1.807) is 0 Å². The molecule has 1 heterocycles. The molecule has 0 aliphatic carbocycles. The van der Waals surface area contributed by atoms with Gasteiger partial charge >= 0.3 is 6.03 Å². The standard InChI is InChI=1S/C22H35N3O2/c1-17(2)8-7-9-18(3)24-22(27)23-16-19-10-12-20(13-11-19)21(26)25-14-5-4-6-15-25/h10-13,17-18H,4-9,14-16H2,1-3H3,(H2,23,24,27)/t18-/m0/s1. The molecule has 27 heavy (non-hydrogen) atoms. The van der Waals surface area contributed by atoms with E-state index in [2.05, 4.69) is 24.5 Å². The number of nitrogens with zero attached hydrogens (tertiary/aromatic N) is 1. The monoisotopic (exact) mass is 373 g/mol. The molecule has 0 unspecified atom stereocenters. The van der Waals surface area contributed by atoms with Crippen LogP contribution < -0.4 is 10.6 Å². The van der Waals surface area contributed by atoms with E-state index < -0.39 is 0 Å². The second-order valence-electron chi connectivity index (χ2n) is 8.10. The molecule has 150 valence electrons. The summed E-state index contributed by atoms with van der Waals surface area (Å²) >= 11 is 0. The van der Waals surface area contributed by atoms with Crippen molar-refractivity contribution in [3.63, 3.8) is 0 Å². The van der Waals surface area contributed by atoms with Gasteiger partial charge in [0.05, 0.1) is 0 Å². The Balaban J connectivity index is 1.72. The Morgan fingerprint density at radius 1 is 1.00 bits per heavy atom. The minimum absolute atomic E-state index is 0.113. The minimum atomic E-state index is -0.138. The van der Waals surface area contributed by atoms with Gasteiger partial charge in [-0.05, 0) is 56.2 Å². The number of piperidine rings is 1. The van der Waals surface area contributed by atoms with E-state index in [4.69, 9.17) is 0 Å². The van der Waals surface area contributed by atoms with Crippen molar-refractivity contribution < 1.29 is 9.59 Å². The molecule has 5 heteroatoms. The van der Waals surface area contributed by atoms with Gasteiger partial charge in [-0.1, -0.05) is 38.8 Å². The lowest BCUT2D eigenvalue weighted by Crippen LogP contribution is -2.40. The molecular formula is C22H35N3O2. The number of nitrogens with one attached hydrogen (secondary N) is 2. The SMILES string of the molecule is CC(C)CCC[C@H](C)NC(=O)NCc1ccc(C(=O)N2CCCCC2)cc1. The first kappa shape index (κ1) is 21.3. The third kappa shape index (κ3) is 7.61. The molecule has 5 nitrogen and oxygen atoms in total. The molecule has 0 aromatic heterocycles.